The predicted molar refractivity (Wildman–Crippen MR) is 94.5 cm³/mol. The molecule has 0 spiro atoms. The lowest BCUT2D eigenvalue weighted by molar-refractivity contribution is 0.644. The first-order valence-electron chi connectivity index (χ1n) is 7.45. The number of hydrogen-bond acceptors (Lipinski definition) is 3. The quantitative estimate of drug-likeness (QED) is 0.800. The van der Waals surface area contributed by atoms with Gasteiger partial charge in [0.2, 0.25) is 0 Å². The highest BCUT2D eigenvalue weighted by Gasteiger charge is 2.13. The van der Waals surface area contributed by atoms with Gasteiger partial charge >= 0.3 is 0 Å². The highest BCUT2D eigenvalue weighted by molar-refractivity contribution is 7.09. The fraction of sp³-hybridized carbons (Fsp3) is 0.412. The van der Waals surface area contributed by atoms with Gasteiger partial charge in [-0.05, 0) is 55.0 Å². The second-order valence-corrected chi connectivity index (χ2v) is 6.71. The van der Waals surface area contributed by atoms with Gasteiger partial charge in [-0.3, -0.25) is 0 Å². The minimum atomic E-state index is 0.183. The van der Waals surface area contributed by atoms with E-state index in [1.54, 1.807) is 11.3 Å². The van der Waals surface area contributed by atoms with Crippen LogP contribution >= 0.6 is 22.9 Å². The van der Waals surface area contributed by atoms with Gasteiger partial charge in [-0.15, -0.1) is 11.3 Å². The molecule has 1 atom stereocenters. The van der Waals surface area contributed by atoms with E-state index in [2.05, 4.69) is 48.4 Å². The van der Waals surface area contributed by atoms with Gasteiger partial charge in [-0.2, -0.15) is 0 Å². The largest absolute Gasteiger partial charge is 0.366 e. The molecule has 1 unspecified atom stereocenters. The van der Waals surface area contributed by atoms with E-state index in [4.69, 9.17) is 17.3 Å². The second-order valence-electron chi connectivity index (χ2n) is 5.24. The van der Waals surface area contributed by atoms with Crippen molar-refractivity contribution in [2.75, 3.05) is 11.4 Å². The topological polar surface area (TPSA) is 29.3 Å². The molecule has 1 aromatic heterocycles. The third-order valence-electron chi connectivity index (χ3n) is 3.70. The van der Waals surface area contributed by atoms with Crippen molar-refractivity contribution < 1.29 is 0 Å². The van der Waals surface area contributed by atoms with Crippen LogP contribution in [0.15, 0.2) is 35.7 Å². The van der Waals surface area contributed by atoms with Crippen LogP contribution in [0.5, 0.6) is 0 Å². The molecule has 0 saturated heterocycles. The molecule has 0 aliphatic carbocycles. The Morgan fingerprint density at radius 3 is 2.71 bits per heavy atom. The summed E-state index contributed by atoms with van der Waals surface area (Å²) in [5.74, 6) is 0. The first-order valence-corrected chi connectivity index (χ1v) is 8.71. The van der Waals surface area contributed by atoms with Gasteiger partial charge in [-0.25, -0.2) is 0 Å². The van der Waals surface area contributed by atoms with Crippen LogP contribution in [0.1, 0.15) is 30.7 Å². The van der Waals surface area contributed by atoms with E-state index in [0.717, 1.165) is 31.0 Å². The number of hydrogen-bond donors (Lipinski definition) is 1. The van der Waals surface area contributed by atoms with E-state index in [-0.39, 0.29) is 6.04 Å². The van der Waals surface area contributed by atoms with Crippen LogP contribution < -0.4 is 10.6 Å². The normalized spacial score (nSPS) is 12.4. The number of benzene rings is 1. The average molecular weight is 323 g/mol. The van der Waals surface area contributed by atoms with Crippen LogP contribution in [-0.2, 0) is 13.0 Å². The Morgan fingerprint density at radius 1 is 1.29 bits per heavy atom. The lowest BCUT2D eigenvalue weighted by Crippen LogP contribution is -2.26. The van der Waals surface area contributed by atoms with Gasteiger partial charge in [0.15, 0.2) is 0 Å². The molecule has 2 nitrogen and oxygen atoms in total. The molecule has 0 aliphatic heterocycles. The number of rotatable bonds is 7. The lowest BCUT2D eigenvalue weighted by atomic mass is 10.0. The summed E-state index contributed by atoms with van der Waals surface area (Å²) >= 11 is 7.97. The SMILES string of the molecule is CCC(N)Cc1cc(Cl)ccc1N(CC)Cc1cccs1. The fourth-order valence-corrected chi connectivity index (χ4v) is 3.32. The number of halogens is 1. The third kappa shape index (κ3) is 4.47. The molecular formula is C17H23ClN2S. The zero-order valence-electron chi connectivity index (χ0n) is 12.7. The second kappa shape index (κ2) is 7.83. The summed E-state index contributed by atoms with van der Waals surface area (Å²) in [4.78, 5) is 3.76. The molecule has 1 heterocycles. The maximum Gasteiger partial charge on any atom is 0.0522 e. The first-order chi connectivity index (χ1) is 10.1. The fourth-order valence-electron chi connectivity index (χ4n) is 2.41. The number of thiophene rings is 1. The molecule has 21 heavy (non-hydrogen) atoms. The van der Waals surface area contributed by atoms with Gasteiger partial charge in [0.05, 0.1) is 6.54 Å². The van der Waals surface area contributed by atoms with E-state index in [0.29, 0.717) is 0 Å². The Kier molecular flexibility index (Phi) is 6.09. The van der Waals surface area contributed by atoms with Crippen LogP contribution in [0.25, 0.3) is 0 Å². The average Bonchev–Trinajstić information content (AvgIpc) is 2.98. The van der Waals surface area contributed by atoms with E-state index >= 15 is 0 Å². The summed E-state index contributed by atoms with van der Waals surface area (Å²) in [5, 5.41) is 2.91. The van der Waals surface area contributed by atoms with E-state index in [1.165, 1.54) is 16.1 Å². The number of anilines is 1. The molecule has 2 rings (SSSR count). The summed E-state index contributed by atoms with van der Waals surface area (Å²) in [7, 11) is 0. The lowest BCUT2D eigenvalue weighted by Gasteiger charge is -2.26. The highest BCUT2D eigenvalue weighted by Crippen LogP contribution is 2.27. The first kappa shape index (κ1) is 16.3. The van der Waals surface area contributed by atoms with Crippen molar-refractivity contribution in [1.82, 2.24) is 0 Å². The van der Waals surface area contributed by atoms with Crippen molar-refractivity contribution in [3.05, 3.63) is 51.2 Å². The predicted octanol–water partition coefficient (Wildman–Crippen LogP) is 4.71. The van der Waals surface area contributed by atoms with E-state index in [9.17, 15) is 0 Å². The molecule has 1 aromatic carbocycles. The minimum Gasteiger partial charge on any atom is -0.366 e. The smallest absolute Gasteiger partial charge is 0.0522 e. The van der Waals surface area contributed by atoms with Crippen molar-refractivity contribution in [2.24, 2.45) is 5.73 Å². The van der Waals surface area contributed by atoms with Crippen LogP contribution in [0, 0.1) is 0 Å². The summed E-state index contributed by atoms with van der Waals surface area (Å²) in [6, 6.07) is 10.6. The maximum absolute atomic E-state index is 6.18. The van der Waals surface area contributed by atoms with Gasteiger partial charge in [0.1, 0.15) is 0 Å². The minimum absolute atomic E-state index is 0.183. The summed E-state index contributed by atoms with van der Waals surface area (Å²) in [6.07, 6.45) is 1.84. The van der Waals surface area contributed by atoms with Crippen LogP contribution in [0.2, 0.25) is 5.02 Å². The molecule has 0 bridgehead atoms. The molecule has 4 heteroatoms. The molecule has 0 amide bonds. The Bertz CT molecular complexity index is 554. The number of nitrogens with two attached hydrogens (primary N) is 1. The summed E-state index contributed by atoms with van der Waals surface area (Å²) in [6.45, 7) is 6.21. The Balaban J connectivity index is 2.26. The van der Waals surface area contributed by atoms with Crippen LogP contribution in [0.4, 0.5) is 5.69 Å². The third-order valence-corrected chi connectivity index (χ3v) is 4.79. The monoisotopic (exact) mass is 322 g/mol. The van der Waals surface area contributed by atoms with E-state index in [1.807, 2.05) is 6.07 Å². The van der Waals surface area contributed by atoms with Gasteiger partial charge in [-0.1, -0.05) is 24.6 Å². The van der Waals surface area contributed by atoms with Crippen LogP contribution in [-0.4, -0.2) is 12.6 Å². The Labute approximate surface area is 136 Å². The molecule has 0 radical (unpaired) electrons. The molecule has 0 saturated carbocycles. The van der Waals surface area contributed by atoms with Crippen LogP contribution in [0.3, 0.4) is 0 Å². The highest BCUT2D eigenvalue weighted by atomic mass is 35.5. The summed E-state index contributed by atoms with van der Waals surface area (Å²) < 4.78 is 0. The standard InChI is InChI=1S/C17H23ClN2S/c1-3-15(19)11-13-10-14(18)7-8-17(13)20(4-2)12-16-6-5-9-21-16/h5-10,15H,3-4,11-12,19H2,1-2H3. The van der Waals surface area contributed by atoms with Crippen molar-refractivity contribution in [3.63, 3.8) is 0 Å². The van der Waals surface area contributed by atoms with E-state index < -0.39 is 0 Å². The van der Waals surface area contributed by atoms with Crippen molar-refractivity contribution >= 4 is 28.6 Å². The Morgan fingerprint density at radius 2 is 2.10 bits per heavy atom. The molecule has 2 aromatic rings. The van der Waals surface area contributed by atoms with Crippen molar-refractivity contribution in [2.45, 2.75) is 39.3 Å². The van der Waals surface area contributed by atoms with Crippen molar-refractivity contribution in [1.29, 1.82) is 0 Å². The van der Waals surface area contributed by atoms with Crippen molar-refractivity contribution in [3.8, 4) is 0 Å². The molecule has 114 valence electrons. The number of nitrogens with zero attached hydrogens (tertiary/aromatic N) is 1. The van der Waals surface area contributed by atoms with Gasteiger partial charge in [0, 0.05) is 28.2 Å². The van der Waals surface area contributed by atoms with Gasteiger partial charge < -0.3 is 10.6 Å². The zero-order valence-corrected chi connectivity index (χ0v) is 14.3. The van der Waals surface area contributed by atoms with Gasteiger partial charge in [0.25, 0.3) is 0 Å². The molecule has 0 aliphatic rings. The Hall–Kier alpha value is -1.03. The molecule has 2 N–H and O–H groups in total. The molecular weight excluding hydrogens is 300 g/mol. The maximum atomic E-state index is 6.18. The molecule has 0 fully saturated rings. The summed E-state index contributed by atoms with van der Waals surface area (Å²) in [5.41, 5.74) is 8.64. The zero-order chi connectivity index (χ0) is 15.2.